The van der Waals surface area contributed by atoms with E-state index >= 15 is 0 Å². The number of ether oxygens (including phenoxy) is 1. The number of nitrogens with zero attached hydrogens (tertiary/aromatic N) is 6. The summed E-state index contributed by atoms with van der Waals surface area (Å²) < 4.78 is 61.2. The van der Waals surface area contributed by atoms with Gasteiger partial charge in [-0.1, -0.05) is 0 Å². The van der Waals surface area contributed by atoms with Crippen LogP contribution in [-0.2, 0) is 18.0 Å². The molecule has 1 aromatic carbocycles. The van der Waals surface area contributed by atoms with Crippen LogP contribution < -0.4 is 10.5 Å². The fraction of sp³-hybridized carbons (Fsp3) is 0.286. The Morgan fingerprint density at radius 3 is 2.50 bits per heavy atom. The number of anilines is 1. The molecule has 1 aliphatic heterocycles. The number of hydrogen-bond donors (Lipinski definition) is 2. The normalized spacial score (nSPS) is 13.9. The molecular formula is C21H16F4N8O2S. The number of nitrogens with one attached hydrogen (secondary N) is 2. The van der Waals surface area contributed by atoms with Crippen molar-refractivity contribution in [1.29, 1.82) is 16.1 Å². The molecule has 10 nitrogen and oxygen atoms in total. The Bertz CT molecular complexity index is 1510. The molecule has 186 valence electrons. The minimum Gasteiger partial charge on any atom is -0.466 e. The van der Waals surface area contributed by atoms with Gasteiger partial charge in [-0.2, -0.15) is 18.4 Å². The summed E-state index contributed by atoms with van der Waals surface area (Å²) in [4.78, 5) is 26.3. The zero-order valence-electron chi connectivity index (χ0n) is 18.6. The third-order valence-electron chi connectivity index (χ3n) is 5.17. The molecule has 0 unspecified atom stereocenters. The van der Waals surface area contributed by atoms with Crippen molar-refractivity contribution in [3.63, 3.8) is 0 Å². The molecule has 3 heterocycles. The zero-order valence-corrected chi connectivity index (χ0v) is 19.5. The summed E-state index contributed by atoms with van der Waals surface area (Å²) >= 11 is 0.828. The molecule has 0 aliphatic carbocycles. The molecule has 0 saturated carbocycles. The highest BCUT2D eigenvalue weighted by Crippen LogP contribution is 2.33. The van der Waals surface area contributed by atoms with E-state index in [4.69, 9.17) is 20.8 Å². The van der Waals surface area contributed by atoms with Crippen LogP contribution in [0.25, 0.3) is 22.3 Å². The molecule has 15 heteroatoms. The molecule has 1 saturated heterocycles. The lowest BCUT2D eigenvalue weighted by molar-refractivity contribution is -0.147. The van der Waals surface area contributed by atoms with Crippen LogP contribution in [0.1, 0.15) is 18.3 Å². The first kappa shape index (κ1) is 25.0. The van der Waals surface area contributed by atoms with E-state index < -0.39 is 40.5 Å². The second kappa shape index (κ2) is 9.19. The van der Waals surface area contributed by atoms with Crippen molar-refractivity contribution >= 4 is 39.0 Å². The van der Waals surface area contributed by atoms with Crippen molar-refractivity contribution in [2.24, 2.45) is 7.05 Å². The van der Waals surface area contributed by atoms with Crippen molar-refractivity contribution in [2.75, 3.05) is 18.0 Å². The molecule has 0 spiro atoms. The largest absolute Gasteiger partial charge is 0.466 e. The van der Waals surface area contributed by atoms with Gasteiger partial charge in [-0.3, -0.25) is 20.2 Å². The van der Waals surface area contributed by atoms with E-state index in [2.05, 4.69) is 15.0 Å². The second-order valence-corrected chi connectivity index (χ2v) is 8.95. The Labute approximate surface area is 204 Å². The van der Waals surface area contributed by atoms with Gasteiger partial charge in [0, 0.05) is 12.6 Å². The highest BCUT2D eigenvalue weighted by molar-refractivity contribution is 8.26. The van der Waals surface area contributed by atoms with Gasteiger partial charge >= 0.3 is 6.18 Å². The third kappa shape index (κ3) is 4.71. The van der Waals surface area contributed by atoms with Crippen molar-refractivity contribution in [1.82, 2.24) is 19.5 Å². The van der Waals surface area contributed by atoms with E-state index in [1.165, 1.54) is 19.1 Å². The number of halogens is 4. The van der Waals surface area contributed by atoms with Gasteiger partial charge in [0.25, 0.3) is 5.56 Å². The summed E-state index contributed by atoms with van der Waals surface area (Å²) in [5.41, 5.74) is -2.69. The van der Waals surface area contributed by atoms with Gasteiger partial charge in [0.1, 0.15) is 23.1 Å². The first-order valence-electron chi connectivity index (χ1n) is 10.2. The maximum absolute atomic E-state index is 14.9. The van der Waals surface area contributed by atoms with Crippen LogP contribution in [0.15, 0.2) is 23.0 Å². The van der Waals surface area contributed by atoms with Crippen LogP contribution in [-0.4, -0.2) is 49.0 Å². The molecule has 3 aromatic rings. The van der Waals surface area contributed by atoms with Gasteiger partial charge in [0.15, 0.2) is 5.52 Å². The number of benzene rings is 1. The SMILES string of the molecule is CC(=N)SC(=N)OC1CN(c2nc(-c3ccc(C#N)cc3F)c3nc(C(F)(F)F)n(C)c(=O)c3n2)C1. The van der Waals surface area contributed by atoms with Gasteiger partial charge < -0.3 is 9.64 Å². The molecule has 2 aromatic heterocycles. The van der Waals surface area contributed by atoms with Gasteiger partial charge in [-0.25, -0.2) is 19.3 Å². The van der Waals surface area contributed by atoms with E-state index in [-0.39, 0.29) is 46.1 Å². The number of rotatable bonds is 3. The van der Waals surface area contributed by atoms with Crippen molar-refractivity contribution in [3.8, 4) is 17.3 Å². The Balaban J connectivity index is 1.82. The average molecular weight is 520 g/mol. The van der Waals surface area contributed by atoms with Crippen LogP contribution in [0.5, 0.6) is 0 Å². The van der Waals surface area contributed by atoms with E-state index in [1.54, 1.807) is 11.0 Å². The predicted molar refractivity (Wildman–Crippen MR) is 123 cm³/mol. The summed E-state index contributed by atoms with van der Waals surface area (Å²) in [6, 6.07) is 5.10. The van der Waals surface area contributed by atoms with Crippen LogP contribution in [0.2, 0.25) is 0 Å². The van der Waals surface area contributed by atoms with E-state index in [9.17, 15) is 22.4 Å². The van der Waals surface area contributed by atoms with Crippen LogP contribution in [0.4, 0.5) is 23.5 Å². The van der Waals surface area contributed by atoms with Crippen molar-refractivity contribution < 1.29 is 22.3 Å². The van der Waals surface area contributed by atoms with E-state index in [0.717, 1.165) is 24.9 Å². The maximum Gasteiger partial charge on any atom is 0.449 e. The van der Waals surface area contributed by atoms with Gasteiger partial charge in [-0.05, 0) is 36.9 Å². The fourth-order valence-electron chi connectivity index (χ4n) is 3.48. The molecule has 0 atom stereocenters. The average Bonchev–Trinajstić information content (AvgIpc) is 2.76. The number of aromatic nitrogens is 4. The Morgan fingerprint density at radius 2 is 1.92 bits per heavy atom. The topological polar surface area (TPSA) is 145 Å². The lowest BCUT2D eigenvalue weighted by atomic mass is 10.1. The van der Waals surface area contributed by atoms with Gasteiger partial charge in [-0.15, -0.1) is 0 Å². The van der Waals surface area contributed by atoms with Crippen LogP contribution in [0.3, 0.4) is 0 Å². The molecule has 0 radical (unpaired) electrons. The molecule has 36 heavy (non-hydrogen) atoms. The minimum absolute atomic E-state index is 0.0158. The summed E-state index contributed by atoms with van der Waals surface area (Å²) in [5.74, 6) is -2.50. The standard InChI is InChI=1S/C21H16F4N8O2S/c1-9(27)36-19(28)35-11-7-33(8-11)20-30-14(12-4-3-10(6-26)5-13(12)22)15-16(31-20)17(34)32(2)18(29-15)21(23,24)25/h3-5,11,27-28H,7-8H2,1-2H3. The summed E-state index contributed by atoms with van der Waals surface area (Å²) in [7, 11) is 0.906. The number of fused-ring (bicyclic) bond motifs is 1. The number of hydrogen-bond acceptors (Lipinski definition) is 10. The van der Waals surface area contributed by atoms with Crippen molar-refractivity contribution in [3.05, 3.63) is 45.8 Å². The summed E-state index contributed by atoms with van der Waals surface area (Å²) in [6.45, 7) is 1.85. The fourth-order valence-corrected chi connectivity index (χ4v) is 3.95. The number of nitriles is 1. The highest BCUT2D eigenvalue weighted by atomic mass is 32.2. The zero-order chi connectivity index (χ0) is 26.4. The predicted octanol–water partition coefficient (Wildman–Crippen LogP) is 3.29. The second-order valence-electron chi connectivity index (χ2n) is 7.76. The van der Waals surface area contributed by atoms with E-state index in [0.29, 0.717) is 4.57 Å². The lowest BCUT2D eigenvalue weighted by Crippen LogP contribution is -2.53. The Kier molecular flexibility index (Phi) is 6.39. The molecule has 0 amide bonds. The lowest BCUT2D eigenvalue weighted by Gasteiger charge is -2.38. The first-order valence-corrected chi connectivity index (χ1v) is 11.0. The quantitative estimate of drug-likeness (QED) is 0.304. The van der Waals surface area contributed by atoms with Crippen LogP contribution in [0, 0.1) is 28.0 Å². The van der Waals surface area contributed by atoms with E-state index in [1.807, 2.05) is 0 Å². The molecular weight excluding hydrogens is 504 g/mol. The van der Waals surface area contributed by atoms with Crippen LogP contribution >= 0.6 is 11.8 Å². The molecule has 2 N–H and O–H groups in total. The Morgan fingerprint density at radius 1 is 1.22 bits per heavy atom. The third-order valence-corrected chi connectivity index (χ3v) is 5.76. The maximum atomic E-state index is 14.9. The number of thioether (sulfide) groups is 1. The number of alkyl halides is 3. The molecule has 0 bridgehead atoms. The van der Waals surface area contributed by atoms with Gasteiger partial charge in [0.05, 0.1) is 29.8 Å². The first-order chi connectivity index (χ1) is 16.9. The monoisotopic (exact) mass is 520 g/mol. The highest BCUT2D eigenvalue weighted by Gasteiger charge is 2.38. The van der Waals surface area contributed by atoms with Crippen molar-refractivity contribution in [2.45, 2.75) is 19.2 Å². The molecule has 1 fully saturated rings. The smallest absolute Gasteiger partial charge is 0.449 e. The summed E-state index contributed by atoms with van der Waals surface area (Å²) in [5, 5.41) is 24.1. The Hall–Kier alpha value is -4.06. The molecule has 4 rings (SSSR count). The molecule has 1 aliphatic rings. The van der Waals surface area contributed by atoms with Gasteiger partial charge in [0.2, 0.25) is 17.0 Å². The summed E-state index contributed by atoms with van der Waals surface area (Å²) in [6.07, 6.45) is -5.42. The minimum atomic E-state index is -4.97.